The fourth-order valence-electron chi connectivity index (χ4n) is 1.76. The van der Waals surface area contributed by atoms with Crippen molar-refractivity contribution in [3.05, 3.63) is 0 Å². The summed E-state index contributed by atoms with van der Waals surface area (Å²) in [4.78, 5) is 2.37. The van der Waals surface area contributed by atoms with E-state index in [4.69, 9.17) is 5.11 Å². The van der Waals surface area contributed by atoms with Crippen LogP contribution in [-0.4, -0.2) is 48.8 Å². The van der Waals surface area contributed by atoms with Crippen molar-refractivity contribution >= 4 is 0 Å². The fraction of sp³-hybridized carbons (Fsp3) is 1.00. The highest BCUT2D eigenvalue weighted by atomic mass is 16.3. The van der Waals surface area contributed by atoms with Crippen LogP contribution in [0.3, 0.4) is 0 Å². The van der Waals surface area contributed by atoms with Crippen LogP contribution in [0.2, 0.25) is 0 Å². The van der Waals surface area contributed by atoms with Gasteiger partial charge in [-0.3, -0.25) is 0 Å². The number of rotatable bonds is 10. The molecule has 3 heteroatoms. The normalized spacial score (nSPS) is 13.7. The van der Waals surface area contributed by atoms with Gasteiger partial charge in [0.15, 0.2) is 0 Å². The Morgan fingerprint density at radius 3 is 2.38 bits per heavy atom. The number of unbranched alkanes of at least 4 members (excludes halogenated alkanes) is 1. The van der Waals surface area contributed by atoms with E-state index >= 15 is 0 Å². The minimum atomic E-state index is 0.272. The van der Waals surface area contributed by atoms with E-state index in [1.807, 2.05) is 0 Å². The fourth-order valence-corrected chi connectivity index (χ4v) is 1.76. The molecule has 1 atom stereocenters. The Balaban J connectivity index is 3.77. The van der Waals surface area contributed by atoms with Gasteiger partial charge >= 0.3 is 0 Å². The molecule has 0 saturated heterocycles. The number of aliphatic hydroxyl groups excluding tert-OH is 1. The molecule has 0 aliphatic rings. The molecular weight excluding hydrogens is 200 g/mol. The maximum absolute atomic E-state index is 9.01. The Labute approximate surface area is 101 Å². The maximum Gasteiger partial charge on any atom is 0.0558 e. The molecule has 0 spiro atoms. The highest BCUT2D eigenvalue weighted by molar-refractivity contribution is 4.66. The lowest BCUT2D eigenvalue weighted by Gasteiger charge is -2.25. The van der Waals surface area contributed by atoms with Gasteiger partial charge in [0, 0.05) is 19.1 Å². The quantitative estimate of drug-likeness (QED) is 0.600. The average molecular weight is 230 g/mol. The number of nitrogens with one attached hydrogen (secondary N) is 1. The van der Waals surface area contributed by atoms with Crippen LogP contribution in [0.25, 0.3) is 0 Å². The standard InChI is InChI=1S/C13H30N2O/c1-5-6-7-15(8-9-16)11-13(4)10-14-12(2)3/h12-14,16H,5-11H2,1-4H3. The predicted octanol–water partition coefficient (Wildman–Crippen LogP) is 1.71. The third kappa shape index (κ3) is 9.13. The van der Waals surface area contributed by atoms with Gasteiger partial charge in [0.05, 0.1) is 6.61 Å². The zero-order valence-electron chi connectivity index (χ0n) is 11.5. The van der Waals surface area contributed by atoms with E-state index in [0.717, 1.165) is 26.2 Å². The molecule has 0 aliphatic carbocycles. The monoisotopic (exact) mass is 230 g/mol. The Bertz CT molecular complexity index is 151. The van der Waals surface area contributed by atoms with Crippen molar-refractivity contribution in [2.24, 2.45) is 5.92 Å². The van der Waals surface area contributed by atoms with Crippen molar-refractivity contribution < 1.29 is 5.11 Å². The molecule has 0 aromatic rings. The molecule has 0 rings (SSSR count). The second-order valence-electron chi connectivity index (χ2n) is 5.05. The Kier molecular flexibility index (Phi) is 9.99. The molecule has 1 unspecified atom stereocenters. The third-order valence-electron chi connectivity index (χ3n) is 2.69. The van der Waals surface area contributed by atoms with E-state index in [1.165, 1.54) is 12.8 Å². The minimum Gasteiger partial charge on any atom is -0.395 e. The van der Waals surface area contributed by atoms with Crippen molar-refractivity contribution in [1.82, 2.24) is 10.2 Å². The van der Waals surface area contributed by atoms with Gasteiger partial charge in [-0.15, -0.1) is 0 Å². The van der Waals surface area contributed by atoms with Gasteiger partial charge in [0.25, 0.3) is 0 Å². The van der Waals surface area contributed by atoms with E-state index in [1.54, 1.807) is 0 Å². The van der Waals surface area contributed by atoms with E-state index in [-0.39, 0.29) is 6.61 Å². The second-order valence-corrected chi connectivity index (χ2v) is 5.05. The van der Waals surface area contributed by atoms with E-state index < -0.39 is 0 Å². The SMILES string of the molecule is CCCCN(CCO)CC(C)CNC(C)C. The Morgan fingerprint density at radius 2 is 1.88 bits per heavy atom. The van der Waals surface area contributed by atoms with Crippen LogP contribution in [0, 0.1) is 5.92 Å². The molecule has 0 aromatic heterocycles. The van der Waals surface area contributed by atoms with Crippen LogP contribution >= 0.6 is 0 Å². The Hall–Kier alpha value is -0.120. The summed E-state index contributed by atoms with van der Waals surface area (Å²) in [7, 11) is 0. The molecular formula is C13H30N2O. The van der Waals surface area contributed by atoms with Crippen molar-refractivity contribution in [3.63, 3.8) is 0 Å². The van der Waals surface area contributed by atoms with E-state index in [9.17, 15) is 0 Å². The molecule has 16 heavy (non-hydrogen) atoms. The first-order valence-corrected chi connectivity index (χ1v) is 6.66. The average Bonchev–Trinajstić information content (AvgIpc) is 2.23. The van der Waals surface area contributed by atoms with Crippen molar-refractivity contribution in [3.8, 4) is 0 Å². The van der Waals surface area contributed by atoms with Crippen LogP contribution in [0.1, 0.15) is 40.5 Å². The molecule has 0 aliphatic heterocycles. The molecule has 0 heterocycles. The second kappa shape index (κ2) is 10.1. The van der Waals surface area contributed by atoms with Gasteiger partial charge in [-0.1, -0.05) is 34.1 Å². The zero-order chi connectivity index (χ0) is 12.4. The summed E-state index contributed by atoms with van der Waals surface area (Å²) in [5.41, 5.74) is 0. The lowest BCUT2D eigenvalue weighted by Crippen LogP contribution is -2.37. The number of aliphatic hydroxyl groups is 1. The van der Waals surface area contributed by atoms with Crippen molar-refractivity contribution in [2.75, 3.05) is 32.8 Å². The predicted molar refractivity (Wildman–Crippen MR) is 70.7 cm³/mol. The van der Waals surface area contributed by atoms with Gasteiger partial charge in [-0.2, -0.15) is 0 Å². The lowest BCUT2D eigenvalue weighted by atomic mass is 10.1. The smallest absolute Gasteiger partial charge is 0.0558 e. The topological polar surface area (TPSA) is 35.5 Å². The van der Waals surface area contributed by atoms with Gasteiger partial charge < -0.3 is 15.3 Å². The van der Waals surface area contributed by atoms with Crippen LogP contribution in [-0.2, 0) is 0 Å². The summed E-state index contributed by atoms with van der Waals surface area (Å²) in [6.45, 7) is 13.2. The van der Waals surface area contributed by atoms with Crippen molar-refractivity contribution in [1.29, 1.82) is 0 Å². The van der Waals surface area contributed by atoms with Gasteiger partial charge in [-0.05, 0) is 25.4 Å². The molecule has 0 aromatic carbocycles. The molecule has 0 bridgehead atoms. The molecule has 0 fully saturated rings. The first-order chi connectivity index (χ1) is 7.60. The van der Waals surface area contributed by atoms with Gasteiger partial charge in [0.1, 0.15) is 0 Å². The number of nitrogens with zero attached hydrogens (tertiary/aromatic N) is 1. The largest absolute Gasteiger partial charge is 0.395 e. The first-order valence-electron chi connectivity index (χ1n) is 6.66. The lowest BCUT2D eigenvalue weighted by molar-refractivity contribution is 0.175. The summed E-state index contributed by atoms with van der Waals surface area (Å²) >= 11 is 0. The molecule has 3 nitrogen and oxygen atoms in total. The summed E-state index contributed by atoms with van der Waals surface area (Å²) in [6.07, 6.45) is 2.45. The number of hydrogen-bond acceptors (Lipinski definition) is 3. The molecule has 0 amide bonds. The maximum atomic E-state index is 9.01. The van der Waals surface area contributed by atoms with Gasteiger partial charge in [0.2, 0.25) is 0 Å². The van der Waals surface area contributed by atoms with E-state index in [2.05, 4.69) is 37.9 Å². The third-order valence-corrected chi connectivity index (χ3v) is 2.69. The Morgan fingerprint density at radius 1 is 1.19 bits per heavy atom. The van der Waals surface area contributed by atoms with E-state index in [0.29, 0.717) is 12.0 Å². The minimum absolute atomic E-state index is 0.272. The van der Waals surface area contributed by atoms with Gasteiger partial charge in [-0.25, -0.2) is 0 Å². The van der Waals surface area contributed by atoms with Crippen LogP contribution in [0.15, 0.2) is 0 Å². The van der Waals surface area contributed by atoms with Crippen molar-refractivity contribution in [2.45, 2.75) is 46.6 Å². The summed E-state index contributed by atoms with van der Waals surface area (Å²) < 4.78 is 0. The van der Waals surface area contributed by atoms with Crippen LogP contribution < -0.4 is 5.32 Å². The highest BCUT2D eigenvalue weighted by Crippen LogP contribution is 2.01. The summed E-state index contributed by atoms with van der Waals surface area (Å²) in [5.74, 6) is 0.644. The first kappa shape index (κ1) is 15.9. The molecule has 0 saturated carbocycles. The summed E-state index contributed by atoms with van der Waals surface area (Å²) in [6, 6.07) is 0.560. The van der Waals surface area contributed by atoms with Crippen LogP contribution in [0.5, 0.6) is 0 Å². The molecule has 2 N–H and O–H groups in total. The summed E-state index contributed by atoms with van der Waals surface area (Å²) in [5, 5.41) is 12.5. The zero-order valence-corrected chi connectivity index (χ0v) is 11.5. The number of hydrogen-bond donors (Lipinski definition) is 2. The highest BCUT2D eigenvalue weighted by Gasteiger charge is 2.09. The molecule has 98 valence electrons. The molecule has 0 radical (unpaired) electrons. The van der Waals surface area contributed by atoms with Crippen LogP contribution in [0.4, 0.5) is 0 Å².